The number of hydrogen-bond acceptors (Lipinski definition) is 4. The fourth-order valence-corrected chi connectivity index (χ4v) is 3.05. The molecule has 0 saturated carbocycles. The first-order valence-electron chi connectivity index (χ1n) is 8.47. The van der Waals surface area contributed by atoms with Gasteiger partial charge in [0.25, 0.3) is 5.91 Å². The summed E-state index contributed by atoms with van der Waals surface area (Å²) in [6, 6.07) is 14.4. The van der Waals surface area contributed by atoms with Crippen LogP contribution in [-0.2, 0) is 11.3 Å². The highest BCUT2D eigenvalue weighted by molar-refractivity contribution is 6.05. The van der Waals surface area contributed by atoms with Crippen molar-refractivity contribution in [1.82, 2.24) is 4.90 Å². The molecule has 3 rings (SSSR count). The molecule has 25 heavy (non-hydrogen) atoms. The van der Waals surface area contributed by atoms with Crippen molar-refractivity contribution in [1.29, 1.82) is 0 Å². The summed E-state index contributed by atoms with van der Waals surface area (Å²) in [5, 5.41) is 2.84. The molecule has 0 radical (unpaired) electrons. The predicted octanol–water partition coefficient (Wildman–Crippen LogP) is 3.32. The quantitative estimate of drug-likeness (QED) is 0.850. The number of ether oxygens (including phenoxy) is 1. The third-order valence-electron chi connectivity index (χ3n) is 4.34. The number of methoxy groups -OCH3 is 1. The van der Waals surface area contributed by atoms with Crippen molar-refractivity contribution in [3.8, 4) is 0 Å². The van der Waals surface area contributed by atoms with Crippen molar-refractivity contribution in [2.24, 2.45) is 0 Å². The fourth-order valence-electron chi connectivity index (χ4n) is 3.05. The number of likely N-dealkylation sites (tertiary alicyclic amines) is 1. The molecule has 1 saturated heterocycles. The summed E-state index contributed by atoms with van der Waals surface area (Å²) >= 11 is 0. The average Bonchev–Trinajstić information content (AvgIpc) is 3.14. The van der Waals surface area contributed by atoms with E-state index in [2.05, 4.69) is 10.2 Å². The molecule has 2 aromatic carbocycles. The highest BCUT2D eigenvalue weighted by Crippen LogP contribution is 2.16. The maximum absolute atomic E-state index is 12.5. The van der Waals surface area contributed by atoms with E-state index in [4.69, 9.17) is 4.74 Å². The van der Waals surface area contributed by atoms with Crippen LogP contribution in [0.3, 0.4) is 0 Å². The second-order valence-electron chi connectivity index (χ2n) is 6.21. The highest BCUT2D eigenvalue weighted by atomic mass is 16.5. The van der Waals surface area contributed by atoms with E-state index in [1.807, 2.05) is 18.2 Å². The smallest absolute Gasteiger partial charge is 0.337 e. The SMILES string of the molecule is COC(=O)c1cccc(NC(=O)c2cccc(CN3CCCC3)c2)c1. The molecule has 1 aliphatic heterocycles. The fraction of sp³-hybridized carbons (Fsp3) is 0.300. The minimum atomic E-state index is -0.427. The number of esters is 1. The Labute approximate surface area is 147 Å². The molecule has 1 N–H and O–H groups in total. The van der Waals surface area contributed by atoms with Gasteiger partial charge in [-0.2, -0.15) is 0 Å². The van der Waals surface area contributed by atoms with Crippen molar-refractivity contribution in [3.63, 3.8) is 0 Å². The monoisotopic (exact) mass is 338 g/mol. The summed E-state index contributed by atoms with van der Waals surface area (Å²) in [6.45, 7) is 3.12. The molecule has 0 bridgehead atoms. The number of hydrogen-bond donors (Lipinski definition) is 1. The first kappa shape index (κ1) is 17.2. The average molecular weight is 338 g/mol. The van der Waals surface area contributed by atoms with E-state index in [1.165, 1.54) is 20.0 Å². The van der Waals surface area contributed by atoms with Crippen molar-refractivity contribution in [3.05, 3.63) is 65.2 Å². The summed E-state index contributed by atoms with van der Waals surface area (Å²) in [4.78, 5) is 26.5. The zero-order valence-electron chi connectivity index (χ0n) is 14.3. The normalized spacial score (nSPS) is 14.3. The van der Waals surface area contributed by atoms with Crippen LogP contribution in [0.25, 0.3) is 0 Å². The first-order valence-corrected chi connectivity index (χ1v) is 8.47. The largest absolute Gasteiger partial charge is 0.465 e. The van der Waals surface area contributed by atoms with Crippen molar-refractivity contribution in [2.75, 3.05) is 25.5 Å². The third kappa shape index (κ3) is 4.45. The lowest BCUT2D eigenvalue weighted by molar-refractivity contribution is 0.0600. The molecule has 1 fully saturated rings. The molecule has 0 atom stereocenters. The Bertz CT molecular complexity index is 767. The molecule has 0 aromatic heterocycles. The topological polar surface area (TPSA) is 58.6 Å². The van der Waals surface area contributed by atoms with Gasteiger partial charge in [-0.05, 0) is 61.8 Å². The Hall–Kier alpha value is -2.66. The standard InChI is InChI=1S/C20H22N2O3/c1-25-20(24)17-8-5-9-18(13-17)21-19(23)16-7-4-6-15(12-16)14-22-10-2-3-11-22/h4-9,12-13H,2-3,10-11,14H2,1H3,(H,21,23). The van der Waals surface area contributed by atoms with E-state index < -0.39 is 5.97 Å². The van der Waals surface area contributed by atoms with E-state index >= 15 is 0 Å². The second-order valence-corrected chi connectivity index (χ2v) is 6.21. The van der Waals surface area contributed by atoms with Gasteiger partial charge >= 0.3 is 5.97 Å². The molecule has 0 unspecified atom stereocenters. The predicted molar refractivity (Wildman–Crippen MR) is 96.7 cm³/mol. The molecule has 130 valence electrons. The number of nitrogens with zero attached hydrogens (tertiary/aromatic N) is 1. The van der Waals surface area contributed by atoms with Crippen LogP contribution in [0.1, 0.15) is 39.1 Å². The van der Waals surface area contributed by atoms with Crippen LogP contribution >= 0.6 is 0 Å². The van der Waals surface area contributed by atoms with Crippen LogP contribution in [-0.4, -0.2) is 37.0 Å². The zero-order chi connectivity index (χ0) is 17.6. The maximum atomic E-state index is 12.5. The Kier molecular flexibility index (Phi) is 5.46. The number of rotatable bonds is 5. The number of benzene rings is 2. The van der Waals surface area contributed by atoms with E-state index in [1.54, 1.807) is 30.3 Å². The van der Waals surface area contributed by atoms with Gasteiger partial charge in [0.15, 0.2) is 0 Å². The summed E-state index contributed by atoms with van der Waals surface area (Å²) < 4.78 is 4.70. The second kappa shape index (κ2) is 7.94. The lowest BCUT2D eigenvalue weighted by atomic mass is 10.1. The summed E-state index contributed by atoms with van der Waals surface area (Å²) in [6.07, 6.45) is 2.49. The van der Waals surface area contributed by atoms with Gasteiger partial charge in [0, 0.05) is 17.8 Å². The van der Waals surface area contributed by atoms with Gasteiger partial charge in [-0.15, -0.1) is 0 Å². The number of anilines is 1. The first-order chi connectivity index (χ1) is 12.2. The Morgan fingerprint density at radius 1 is 1.04 bits per heavy atom. The van der Waals surface area contributed by atoms with Gasteiger partial charge in [0.1, 0.15) is 0 Å². The third-order valence-corrected chi connectivity index (χ3v) is 4.34. The van der Waals surface area contributed by atoms with E-state index in [-0.39, 0.29) is 5.91 Å². The van der Waals surface area contributed by atoms with E-state index in [9.17, 15) is 9.59 Å². The molecule has 0 aliphatic carbocycles. The molecule has 1 amide bonds. The van der Waals surface area contributed by atoms with Crippen LogP contribution in [0, 0.1) is 0 Å². The number of amides is 1. The van der Waals surface area contributed by atoms with Crippen LogP contribution in [0.2, 0.25) is 0 Å². The van der Waals surface area contributed by atoms with Crippen molar-refractivity contribution in [2.45, 2.75) is 19.4 Å². The molecule has 1 heterocycles. The van der Waals surface area contributed by atoms with Gasteiger partial charge in [0.2, 0.25) is 0 Å². The minimum absolute atomic E-state index is 0.190. The van der Waals surface area contributed by atoms with Crippen LogP contribution in [0.5, 0.6) is 0 Å². The van der Waals surface area contributed by atoms with E-state index in [0.717, 1.165) is 25.2 Å². The number of carbonyl (C=O) groups excluding carboxylic acids is 2. The number of nitrogens with one attached hydrogen (secondary N) is 1. The van der Waals surface area contributed by atoms with Crippen molar-refractivity contribution < 1.29 is 14.3 Å². The molecule has 2 aromatic rings. The van der Waals surface area contributed by atoms with Gasteiger partial charge in [-0.25, -0.2) is 4.79 Å². The van der Waals surface area contributed by atoms with Crippen LogP contribution in [0.4, 0.5) is 5.69 Å². The van der Waals surface area contributed by atoms with Gasteiger partial charge in [0.05, 0.1) is 12.7 Å². The molecule has 5 heteroatoms. The Morgan fingerprint density at radius 2 is 1.76 bits per heavy atom. The van der Waals surface area contributed by atoms with Gasteiger partial charge < -0.3 is 10.1 Å². The number of carbonyl (C=O) groups is 2. The summed E-state index contributed by atoms with van der Waals surface area (Å²) in [5.74, 6) is -0.617. The lowest BCUT2D eigenvalue weighted by Gasteiger charge is -2.15. The lowest BCUT2D eigenvalue weighted by Crippen LogP contribution is -2.19. The summed E-state index contributed by atoms with van der Waals surface area (Å²) in [7, 11) is 1.33. The van der Waals surface area contributed by atoms with Gasteiger partial charge in [-0.1, -0.05) is 18.2 Å². The molecular formula is C20H22N2O3. The molecule has 0 spiro atoms. The zero-order valence-corrected chi connectivity index (χ0v) is 14.3. The Balaban J connectivity index is 1.69. The minimum Gasteiger partial charge on any atom is -0.465 e. The van der Waals surface area contributed by atoms with Crippen molar-refractivity contribution >= 4 is 17.6 Å². The molecular weight excluding hydrogens is 316 g/mol. The van der Waals surface area contributed by atoms with E-state index in [0.29, 0.717) is 16.8 Å². The molecule has 1 aliphatic rings. The molecule has 5 nitrogen and oxygen atoms in total. The highest BCUT2D eigenvalue weighted by Gasteiger charge is 2.13. The van der Waals surface area contributed by atoms with Crippen LogP contribution < -0.4 is 5.32 Å². The van der Waals surface area contributed by atoms with Gasteiger partial charge in [-0.3, -0.25) is 9.69 Å². The van der Waals surface area contributed by atoms with Crippen LogP contribution in [0.15, 0.2) is 48.5 Å². The summed E-state index contributed by atoms with van der Waals surface area (Å²) in [5.41, 5.74) is 2.72. The maximum Gasteiger partial charge on any atom is 0.337 e. The Morgan fingerprint density at radius 3 is 2.52 bits per heavy atom.